The highest BCUT2D eigenvalue weighted by Gasteiger charge is 2.21. The number of aliphatic imine (C=N–C) groups is 1. The van der Waals surface area contributed by atoms with Crippen molar-refractivity contribution in [2.24, 2.45) is 4.99 Å². The number of hydrogen-bond donors (Lipinski definition) is 2. The van der Waals surface area contributed by atoms with Gasteiger partial charge in [-0.2, -0.15) is 0 Å². The number of likely N-dealkylation sites (N-methyl/N-ethyl adjacent to an activating group) is 2. The molecule has 0 aliphatic carbocycles. The van der Waals surface area contributed by atoms with E-state index in [2.05, 4.69) is 4.98 Å². The Labute approximate surface area is 202 Å². The van der Waals surface area contributed by atoms with Crippen LogP contribution >= 0.6 is 0 Å². The minimum absolute atomic E-state index is 0.0402. The van der Waals surface area contributed by atoms with Gasteiger partial charge in [0.25, 0.3) is 5.69 Å². The minimum atomic E-state index is -0.473. The molecule has 35 heavy (non-hydrogen) atoms. The van der Waals surface area contributed by atoms with E-state index in [1.54, 1.807) is 42.3 Å². The van der Waals surface area contributed by atoms with Crippen molar-refractivity contribution in [2.45, 2.75) is 0 Å². The Morgan fingerprint density at radius 2 is 1.71 bits per heavy atom. The Morgan fingerprint density at radius 3 is 2.34 bits per heavy atom. The number of aromatic amines is 1. The van der Waals surface area contributed by atoms with E-state index >= 15 is 0 Å². The fourth-order valence-electron chi connectivity index (χ4n) is 3.78. The predicted octanol–water partition coefficient (Wildman–Crippen LogP) is 4.48. The van der Waals surface area contributed by atoms with Crippen LogP contribution in [0.3, 0.4) is 0 Å². The molecule has 1 aromatic heterocycles. The van der Waals surface area contributed by atoms with E-state index in [9.17, 15) is 20.0 Å². The number of nitro groups is 1. The van der Waals surface area contributed by atoms with E-state index in [0.717, 1.165) is 11.3 Å². The number of fused-ring (bicyclic) bond motifs is 1. The van der Waals surface area contributed by atoms with Gasteiger partial charge < -0.3 is 19.9 Å². The lowest BCUT2D eigenvalue weighted by Gasteiger charge is -2.19. The van der Waals surface area contributed by atoms with E-state index in [0.29, 0.717) is 34.4 Å². The van der Waals surface area contributed by atoms with Crippen molar-refractivity contribution in [3.63, 3.8) is 0 Å². The first-order valence-corrected chi connectivity index (χ1v) is 10.9. The lowest BCUT2D eigenvalue weighted by molar-refractivity contribution is -0.384. The van der Waals surface area contributed by atoms with Crippen LogP contribution in [-0.4, -0.2) is 59.2 Å². The van der Waals surface area contributed by atoms with Crippen LogP contribution in [-0.2, 0) is 4.79 Å². The summed E-state index contributed by atoms with van der Waals surface area (Å²) in [6.07, 6.45) is 0. The van der Waals surface area contributed by atoms with E-state index in [1.807, 2.05) is 49.3 Å². The Hall–Kier alpha value is -4.50. The summed E-state index contributed by atoms with van der Waals surface area (Å²) in [5.41, 5.74) is 3.36. The van der Waals surface area contributed by atoms with Crippen LogP contribution in [0, 0.1) is 10.1 Å². The summed E-state index contributed by atoms with van der Waals surface area (Å²) in [7, 11) is 5.39. The molecule has 0 saturated carbocycles. The van der Waals surface area contributed by atoms with Crippen molar-refractivity contribution in [3.05, 3.63) is 94.0 Å². The molecular formula is C26H25N5O4. The van der Waals surface area contributed by atoms with Gasteiger partial charge in [0.1, 0.15) is 0 Å². The number of hydrogen-bond acceptors (Lipinski definition) is 6. The van der Waals surface area contributed by atoms with Gasteiger partial charge in [-0.1, -0.05) is 30.3 Å². The average Bonchev–Trinajstić information content (AvgIpc) is 3.17. The number of benzene rings is 3. The zero-order valence-corrected chi connectivity index (χ0v) is 19.6. The number of nitrogens with zero attached hydrogens (tertiary/aromatic N) is 4. The number of aromatic hydroxyl groups is 1. The number of nitro benzene ring substituents is 1. The van der Waals surface area contributed by atoms with Gasteiger partial charge in [-0.15, -0.1) is 0 Å². The maximum Gasteiger partial charge on any atom is 0.270 e. The maximum absolute atomic E-state index is 12.4. The molecule has 1 heterocycles. The molecule has 0 fully saturated rings. The fraction of sp³-hybridized carbons (Fsp3) is 0.154. The molecule has 4 aromatic rings. The first-order chi connectivity index (χ1) is 16.7. The molecule has 0 aliphatic rings. The fourth-order valence-corrected chi connectivity index (χ4v) is 3.78. The summed E-state index contributed by atoms with van der Waals surface area (Å²) < 4.78 is 0. The Morgan fingerprint density at radius 1 is 1.03 bits per heavy atom. The normalized spacial score (nSPS) is 11.7. The lowest BCUT2D eigenvalue weighted by Crippen LogP contribution is -2.34. The van der Waals surface area contributed by atoms with E-state index < -0.39 is 4.92 Å². The number of rotatable bonds is 7. The second kappa shape index (κ2) is 9.78. The van der Waals surface area contributed by atoms with Crippen molar-refractivity contribution in [1.29, 1.82) is 0 Å². The third-order valence-electron chi connectivity index (χ3n) is 5.56. The molecular weight excluding hydrogens is 446 g/mol. The molecule has 0 aliphatic heterocycles. The maximum atomic E-state index is 12.4. The molecule has 0 saturated heterocycles. The molecule has 9 heteroatoms. The van der Waals surface area contributed by atoms with Gasteiger partial charge >= 0.3 is 0 Å². The van der Waals surface area contributed by atoms with Crippen LogP contribution in [0.25, 0.3) is 10.9 Å². The van der Waals surface area contributed by atoms with Gasteiger partial charge in [0.15, 0.2) is 5.88 Å². The number of non-ortho nitro benzene ring substituents is 1. The SMILES string of the molecule is CN(C)CC(=O)N(C)c1ccc(N=C(c2ccccc2)c2c(O)[nH]c3ccc([N+](=O)[O-])cc23)cc1. The van der Waals surface area contributed by atoms with Crippen molar-refractivity contribution < 1.29 is 14.8 Å². The summed E-state index contributed by atoms with van der Waals surface area (Å²) in [5.74, 6) is -0.171. The minimum Gasteiger partial charge on any atom is -0.494 e. The molecule has 0 radical (unpaired) electrons. The highest BCUT2D eigenvalue weighted by Crippen LogP contribution is 2.33. The molecule has 4 rings (SSSR count). The Kier molecular flexibility index (Phi) is 6.61. The summed E-state index contributed by atoms with van der Waals surface area (Å²) >= 11 is 0. The smallest absolute Gasteiger partial charge is 0.270 e. The molecule has 2 N–H and O–H groups in total. The van der Waals surface area contributed by atoms with Gasteiger partial charge in [-0.05, 0) is 44.4 Å². The molecule has 0 bridgehead atoms. The van der Waals surface area contributed by atoms with E-state index in [1.165, 1.54) is 12.1 Å². The van der Waals surface area contributed by atoms with Crippen LogP contribution in [0.15, 0.2) is 77.8 Å². The van der Waals surface area contributed by atoms with Gasteiger partial charge in [0.05, 0.1) is 28.4 Å². The van der Waals surface area contributed by atoms with Crippen molar-refractivity contribution in [3.8, 4) is 5.88 Å². The van der Waals surface area contributed by atoms with Crippen LogP contribution in [0.2, 0.25) is 0 Å². The third-order valence-corrected chi connectivity index (χ3v) is 5.56. The number of anilines is 1. The van der Waals surface area contributed by atoms with Gasteiger partial charge in [-0.3, -0.25) is 14.9 Å². The number of carbonyl (C=O) groups excluding carboxylic acids is 1. The summed E-state index contributed by atoms with van der Waals surface area (Å²) in [6.45, 7) is 0.292. The lowest BCUT2D eigenvalue weighted by atomic mass is 10.0. The molecule has 3 aromatic carbocycles. The molecule has 9 nitrogen and oxygen atoms in total. The quantitative estimate of drug-likeness (QED) is 0.234. The highest BCUT2D eigenvalue weighted by atomic mass is 16.6. The summed E-state index contributed by atoms with van der Waals surface area (Å²) in [4.78, 5) is 34.3. The van der Waals surface area contributed by atoms with Crippen molar-refractivity contribution in [2.75, 3.05) is 32.6 Å². The largest absolute Gasteiger partial charge is 0.494 e. The topological polar surface area (TPSA) is 115 Å². The molecule has 0 atom stereocenters. The number of H-pyrrole nitrogens is 1. The van der Waals surface area contributed by atoms with Gasteiger partial charge in [0, 0.05) is 41.3 Å². The van der Waals surface area contributed by atoms with Crippen LogP contribution < -0.4 is 4.90 Å². The molecule has 0 spiro atoms. The van der Waals surface area contributed by atoms with Crippen LogP contribution in [0.1, 0.15) is 11.1 Å². The number of aromatic nitrogens is 1. The second-order valence-electron chi connectivity index (χ2n) is 8.37. The molecule has 1 amide bonds. The van der Waals surface area contributed by atoms with Gasteiger partial charge in [0.2, 0.25) is 5.91 Å². The number of nitrogens with one attached hydrogen (secondary N) is 1. The van der Waals surface area contributed by atoms with E-state index in [4.69, 9.17) is 4.99 Å². The van der Waals surface area contributed by atoms with Crippen LogP contribution in [0.4, 0.5) is 17.1 Å². The molecule has 0 unspecified atom stereocenters. The molecule has 178 valence electrons. The monoisotopic (exact) mass is 471 g/mol. The first-order valence-electron chi connectivity index (χ1n) is 10.9. The third kappa shape index (κ3) is 5.04. The van der Waals surface area contributed by atoms with Crippen molar-refractivity contribution >= 4 is 39.6 Å². The zero-order valence-electron chi connectivity index (χ0n) is 19.6. The highest BCUT2D eigenvalue weighted by molar-refractivity contribution is 6.22. The summed E-state index contributed by atoms with van der Waals surface area (Å²) in [6, 6.07) is 20.8. The van der Waals surface area contributed by atoms with E-state index in [-0.39, 0.29) is 17.5 Å². The van der Waals surface area contributed by atoms with Crippen LogP contribution in [0.5, 0.6) is 5.88 Å². The Bertz CT molecular complexity index is 1410. The first kappa shape index (κ1) is 23.7. The number of carbonyl (C=O) groups is 1. The standard InChI is InChI=1S/C26H25N5O4/c1-29(2)16-23(32)30(3)19-11-9-18(10-12-19)27-25(17-7-5-4-6-8-17)24-21-15-20(31(34)35)13-14-22(21)28-26(24)33/h4-15,28,33H,16H2,1-3H3. The average molecular weight is 472 g/mol. The zero-order chi connectivity index (χ0) is 25.1. The second-order valence-corrected chi connectivity index (χ2v) is 8.37. The number of amides is 1. The predicted molar refractivity (Wildman–Crippen MR) is 137 cm³/mol. The van der Waals surface area contributed by atoms with Crippen molar-refractivity contribution in [1.82, 2.24) is 9.88 Å². The summed E-state index contributed by atoms with van der Waals surface area (Å²) in [5, 5.41) is 22.6. The van der Waals surface area contributed by atoms with Gasteiger partial charge in [-0.25, -0.2) is 4.99 Å². The Balaban J connectivity index is 1.80.